The fraction of sp³-hybridized carbons (Fsp3) is 0.455. The first-order valence-electron chi connectivity index (χ1n) is 4.68. The lowest BCUT2D eigenvalue weighted by atomic mass is 10.1. The van der Waals surface area contributed by atoms with E-state index in [1.54, 1.807) is 7.11 Å². The number of hydrogen-bond acceptors (Lipinski definition) is 2. The number of halogens is 1. The minimum absolute atomic E-state index is 0.504. The summed E-state index contributed by atoms with van der Waals surface area (Å²) in [5.74, 6) is 0.786. The third-order valence-corrected chi connectivity index (χ3v) is 2.97. The highest BCUT2D eigenvalue weighted by Gasteiger charge is 2.40. The van der Waals surface area contributed by atoms with Gasteiger partial charge in [0.15, 0.2) is 0 Å². The van der Waals surface area contributed by atoms with Crippen LogP contribution in [0.15, 0.2) is 18.2 Å². The van der Waals surface area contributed by atoms with Gasteiger partial charge in [-0.25, -0.2) is 0 Å². The Morgan fingerprint density at radius 3 is 2.79 bits per heavy atom. The first kappa shape index (κ1) is 9.81. The predicted molar refractivity (Wildman–Crippen MR) is 55.9 cm³/mol. The molecule has 1 aromatic carbocycles. The molecule has 0 radical (unpaired) electrons. The van der Waals surface area contributed by atoms with E-state index in [0.29, 0.717) is 11.4 Å². The zero-order valence-electron chi connectivity index (χ0n) is 8.09. The summed E-state index contributed by atoms with van der Waals surface area (Å²) in [5.41, 5.74) is 0.460. The molecule has 1 aliphatic carbocycles. The summed E-state index contributed by atoms with van der Waals surface area (Å²) < 4.78 is 5.10. The largest absolute Gasteiger partial charge is 0.497 e. The van der Waals surface area contributed by atoms with Crippen LogP contribution in [0.5, 0.6) is 5.75 Å². The Kier molecular flexibility index (Phi) is 2.41. The quantitative estimate of drug-likeness (QED) is 0.834. The molecule has 2 nitrogen and oxygen atoms in total. The van der Waals surface area contributed by atoms with E-state index in [0.717, 1.165) is 24.2 Å². The summed E-state index contributed by atoms with van der Waals surface area (Å²) in [5, 5.41) is 10.5. The van der Waals surface area contributed by atoms with Crippen molar-refractivity contribution >= 4 is 11.6 Å². The van der Waals surface area contributed by atoms with Gasteiger partial charge in [-0.05, 0) is 36.6 Å². The van der Waals surface area contributed by atoms with Crippen molar-refractivity contribution < 1.29 is 9.84 Å². The molecular weight excluding hydrogens is 200 g/mol. The predicted octanol–water partition coefficient (Wildman–Crippen LogP) is 2.42. The van der Waals surface area contributed by atoms with Crippen LogP contribution in [0.2, 0.25) is 5.02 Å². The van der Waals surface area contributed by atoms with E-state index in [9.17, 15) is 5.11 Å². The van der Waals surface area contributed by atoms with Crippen molar-refractivity contribution in [1.29, 1.82) is 0 Å². The highest BCUT2D eigenvalue weighted by atomic mass is 35.5. The van der Waals surface area contributed by atoms with Crippen LogP contribution in [0.1, 0.15) is 18.4 Å². The van der Waals surface area contributed by atoms with Crippen LogP contribution in [-0.2, 0) is 6.42 Å². The van der Waals surface area contributed by atoms with Gasteiger partial charge in [0, 0.05) is 11.4 Å². The first-order valence-corrected chi connectivity index (χ1v) is 5.06. The Hall–Kier alpha value is -0.730. The SMILES string of the molecule is COc1ccc(Cl)c(CC2(O)CC2)c1. The van der Waals surface area contributed by atoms with Crippen LogP contribution in [0.4, 0.5) is 0 Å². The Balaban J connectivity index is 2.22. The van der Waals surface area contributed by atoms with Crippen LogP contribution in [0.25, 0.3) is 0 Å². The summed E-state index contributed by atoms with van der Waals surface area (Å²) in [6, 6.07) is 5.52. The van der Waals surface area contributed by atoms with Crippen LogP contribution in [-0.4, -0.2) is 17.8 Å². The maximum atomic E-state index is 9.77. The highest BCUT2D eigenvalue weighted by Crippen LogP contribution is 2.40. The normalized spacial score (nSPS) is 17.9. The third kappa shape index (κ3) is 2.02. The van der Waals surface area contributed by atoms with Gasteiger partial charge in [-0.3, -0.25) is 0 Å². The lowest BCUT2D eigenvalue weighted by molar-refractivity contribution is 0.151. The second-order valence-corrected chi connectivity index (χ2v) is 4.27. The molecule has 0 spiro atoms. The fourth-order valence-corrected chi connectivity index (χ4v) is 1.67. The van der Waals surface area contributed by atoms with E-state index in [2.05, 4.69) is 0 Å². The number of ether oxygens (including phenoxy) is 1. The van der Waals surface area contributed by atoms with E-state index < -0.39 is 5.60 Å². The zero-order chi connectivity index (χ0) is 10.2. The van der Waals surface area contributed by atoms with Gasteiger partial charge in [0.25, 0.3) is 0 Å². The Labute approximate surface area is 88.5 Å². The molecule has 3 heteroatoms. The van der Waals surface area contributed by atoms with Crippen molar-refractivity contribution in [2.75, 3.05) is 7.11 Å². The van der Waals surface area contributed by atoms with Gasteiger partial charge in [0.2, 0.25) is 0 Å². The van der Waals surface area contributed by atoms with Gasteiger partial charge in [-0.2, -0.15) is 0 Å². The molecule has 0 aliphatic heterocycles. The topological polar surface area (TPSA) is 29.5 Å². The van der Waals surface area contributed by atoms with Gasteiger partial charge in [0.1, 0.15) is 5.75 Å². The molecule has 0 bridgehead atoms. The fourth-order valence-electron chi connectivity index (χ4n) is 1.49. The average molecular weight is 213 g/mol. The van der Waals surface area contributed by atoms with Crippen LogP contribution < -0.4 is 4.74 Å². The molecule has 14 heavy (non-hydrogen) atoms. The molecule has 1 N–H and O–H groups in total. The number of benzene rings is 1. The molecule has 76 valence electrons. The molecule has 0 saturated heterocycles. The highest BCUT2D eigenvalue weighted by molar-refractivity contribution is 6.31. The minimum Gasteiger partial charge on any atom is -0.497 e. The molecule has 2 rings (SSSR count). The molecule has 0 amide bonds. The van der Waals surface area contributed by atoms with Crippen molar-refractivity contribution in [2.24, 2.45) is 0 Å². The van der Waals surface area contributed by atoms with E-state index in [4.69, 9.17) is 16.3 Å². The van der Waals surface area contributed by atoms with Gasteiger partial charge < -0.3 is 9.84 Å². The molecule has 0 aromatic heterocycles. The zero-order valence-corrected chi connectivity index (χ0v) is 8.84. The molecule has 0 atom stereocenters. The van der Waals surface area contributed by atoms with E-state index >= 15 is 0 Å². The summed E-state index contributed by atoms with van der Waals surface area (Å²) in [4.78, 5) is 0. The molecular formula is C11H13ClO2. The van der Waals surface area contributed by atoms with E-state index in [-0.39, 0.29) is 0 Å². The molecule has 1 aromatic rings. The van der Waals surface area contributed by atoms with E-state index in [1.165, 1.54) is 0 Å². The van der Waals surface area contributed by atoms with Crippen molar-refractivity contribution in [1.82, 2.24) is 0 Å². The summed E-state index contributed by atoms with van der Waals surface area (Å²) >= 11 is 6.02. The molecule has 0 unspecified atom stereocenters. The summed E-state index contributed by atoms with van der Waals surface area (Å²) in [6.45, 7) is 0. The minimum atomic E-state index is -0.504. The Morgan fingerprint density at radius 1 is 1.50 bits per heavy atom. The number of aliphatic hydroxyl groups is 1. The molecule has 1 saturated carbocycles. The first-order chi connectivity index (χ1) is 6.63. The van der Waals surface area contributed by atoms with Crippen molar-refractivity contribution in [2.45, 2.75) is 24.9 Å². The number of methoxy groups -OCH3 is 1. The average Bonchev–Trinajstić information content (AvgIpc) is 2.88. The molecule has 0 heterocycles. The van der Waals surface area contributed by atoms with E-state index in [1.807, 2.05) is 18.2 Å². The maximum Gasteiger partial charge on any atom is 0.119 e. The van der Waals surface area contributed by atoms with Gasteiger partial charge in [-0.15, -0.1) is 0 Å². The van der Waals surface area contributed by atoms with Crippen LogP contribution >= 0.6 is 11.6 Å². The maximum absolute atomic E-state index is 9.77. The van der Waals surface area contributed by atoms with Gasteiger partial charge >= 0.3 is 0 Å². The van der Waals surface area contributed by atoms with Crippen LogP contribution in [0, 0.1) is 0 Å². The Bertz CT molecular complexity index is 345. The second-order valence-electron chi connectivity index (χ2n) is 3.86. The second kappa shape index (κ2) is 3.44. The number of rotatable bonds is 3. The van der Waals surface area contributed by atoms with Crippen molar-refractivity contribution in [3.05, 3.63) is 28.8 Å². The molecule has 1 fully saturated rings. The van der Waals surface area contributed by atoms with Crippen molar-refractivity contribution in [3.8, 4) is 5.75 Å². The third-order valence-electron chi connectivity index (χ3n) is 2.60. The van der Waals surface area contributed by atoms with Gasteiger partial charge in [0.05, 0.1) is 12.7 Å². The smallest absolute Gasteiger partial charge is 0.119 e. The van der Waals surface area contributed by atoms with Crippen molar-refractivity contribution in [3.63, 3.8) is 0 Å². The lowest BCUT2D eigenvalue weighted by Crippen LogP contribution is -2.11. The van der Waals surface area contributed by atoms with Gasteiger partial charge in [-0.1, -0.05) is 11.6 Å². The summed E-state index contributed by atoms with van der Waals surface area (Å²) in [7, 11) is 1.62. The van der Waals surface area contributed by atoms with Crippen LogP contribution in [0.3, 0.4) is 0 Å². The molecule has 1 aliphatic rings. The monoisotopic (exact) mass is 212 g/mol. The standard InChI is InChI=1S/C11H13ClO2/c1-14-9-2-3-10(12)8(6-9)7-11(13)4-5-11/h2-3,6,13H,4-5,7H2,1H3. The Morgan fingerprint density at radius 2 is 2.21 bits per heavy atom. The lowest BCUT2D eigenvalue weighted by Gasteiger charge is -2.10. The number of hydrogen-bond donors (Lipinski definition) is 1. The summed E-state index contributed by atoms with van der Waals surface area (Å²) in [6.07, 6.45) is 2.38.